The molecule has 0 saturated carbocycles. The number of nitrogens with one attached hydrogen (secondary N) is 2. The van der Waals surface area contributed by atoms with E-state index >= 15 is 0 Å². The quantitative estimate of drug-likeness (QED) is 0.619. The van der Waals surface area contributed by atoms with Crippen molar-refractivity contribution in [1.82, 2.24) is 15.5 Å². The molecular formula is C16H24FN3OS. The lowest BCUT2D eigenvalue weighted by atomic mass is 10.1. The van der Waals surface area contributed by atoms with Gasteiger partial charge in [-0.1, -0.05) is 12.1 Å². The smallest absolute Gasteiger partial charge is 0.166 e. The number of hydrogen-bond acceptors (Lipinski definition) is 3. The summed E-state index contributed by atoms with van der Waals surface area (Å²) in [5, 5.41) is 7.08. The lowest BCUT2D eigenvalue weighted by Crippen LogP contribution is -2.40. The van der Waals surface area contributed by atoms with Crippen LogP contribution in [-0.4, -0.2) is 49.4 Å². The van der Waals surface area contributed by atoms with Crippen LogP contribution in [0.15, 0.2) is 24.3 Å². The first kappa shape index (κ1) is 17.1. The second-order valence-electron chi connectivity index (χ2n) is 5.48. The van der Waals surface area contributed by atoms with Crippen LogP contribution in [0, 0.1) is 5.82 Å². The average Bonchev–Trinajstić information content (AvgIpc) is 2.53. The third kappa shape index (κ3) is 5.87. The van der Waals surface area contributed by atoms with E-state index in [1.54, 1.807) is 12.1 Å². The van der Waals surface area contributed by atoms with E-state index in [9.17, 15) is 4.39 Å². The van der Waals surface area contributed by atoms with Crippen LogP contribution < -0.4 is 10.6 Å². The van der Waals surface area contributed by atoms with Crippen LogP contribution >= 0.6 is 12.2 Å². The van der Waals surface area contributed by atoms with Gasteiger partial charge in [-0.2, -0.15) is 0 Å². The Hall–Kier alpha value is -1.24. The fourth-order valence-corrected chi connectivity index (χ4v) is 2.69. The molecule has 4 nitrogen and oxygen atoms in total. The standard InChI is InChI=1S/C16H24FN3OS/c1-13(14-3-5-15(17)6-4-14)19-16(22)18-7-2-8-20-9-11-21-12-10-20/h3-6,13H,2,7-12H2,1H3,(H2,18,19,22)/t13-/m1/s1. The Morgan fingerprint density at radius 2 is 2.00 bits per heavy atom. The van der Waals surface area contributed by atoms with Crippen LogP contribution in [0.5, 0.6) is 0 Å². The minimum atomic E-state index is -0.222. The van der Waals surface area contributed by atoms with Gasteiger partial charge >= 0.3 is 0 Å². The normalized spacial score (nSPS) is 17.0. The number of halogens is 1. The van der Waals surface area contributed by atoms with E-state index in [1.807, 2.05) is 6.92 Å². The third-order valence-corrected chi connectivity index (χ3v) is 4.02. The number of morpholine rings is 1. The summed E-state index contributed by atoms with van der Waals surface area (Å²) in [5.41, 5.74) is 1.01. The predicted octanol–water partition coefficient (Wildman–Crippen LogP) is 2.07. The van der Waals surface area contributed by atoms with Gasteiger partial charge in [-0.25, -0.2) is 4.39 Å². The zero-order valence-corrected chi connectivity index (χ0v) is 13.8. The summed E-state index contributed by atoms with van der Waals surface area (Å²) < 4.78 is 18.2. The molecule has 0 amide bonds. The van der Waals surface area contributed by atoms with E-state index in [2.05, 4.69) is 15.5 Å². The number of thiocarbonyl (C=S) groups is 1. The second kappa shape index (κ2) is 9.02. The maximum absolute atomic E-state index is 12.9. The molecule has 1 atom stereocenters. The molecule has 2 N–H and O–H groups in total. The molecule has 1 aliphatic heterocycles. The molecule has 1 aromatic carbocycles. The van der Waals surface area contributed by atoms with Crippen LogP contribution in [-0.2, 0) is 4.74 Å². The fraction of sp³-hybridized carbons (Fsp3) is 0.562. The Balaban J connectivity index is 1.61. The van der Waals surface area contributed by atoms with Crippen LogP contribution in [0.3, 0.4) is 0 Å². The highest BCUT2D eigenvalue weighted by molar-refractivity contribution is 7.80. The van der Waals surface area contributed by atoms with E-state index in [4.69, 9.17) is 17.0 Å². The van der Waals surface area contributed by atoms with Gasteiger partial charge in [-0.15, -0.1) is 0 Å². The maximum atomic E-state index is 12.9. The van der Waals surface area contributed by atoms with E-state index in [0.717, 1.165) is 51.4 Å². The number of ether oxygens (including phenoxy) is 1. The monoisotopic (exact) mass is 325 g/mol. The maximum Gasteiger partial charge on any atom is 0.166 e. The molecule has 0 spiro atoms. The minimum absolute atomic E-state index is 0.0554. The van der Waals surface area contributed by atoms with Gasteiger partial charge in [0.2, 0.25) is 0 Å². The molecular weight excluding hydrogens is 301 g/mol. The van der Waals surface area contributed by atoms with Crippen molar-refractivity contribution in [2.24, 2.45) is 0 Å². The van der Waals surface area contributed by atoms with Crippen molar-refractivity contribution in [1.29, 1.82) is 0 Å². The second-order valence-corrected chi connectivity index (χ2v) is 5.89. The molecule has 1 saturated heterocycles. The van der Waals surface area contributed by atoms with E-state index in [0.29, 0.717) is 5.11 Å². The van der Waals surface area contributed by atoms with Crippen molar-refractivity contribution in [3.63, 3.8) is 0 Å². The highest BCUT2D eigenvalue weighted by Gasteiger charge is 2.10. The molecule has 22 heavy (non-hydrogen) atoms. The zero-order chi connectivity index (χ0) is 15.8. The van der Waals surface area contributed by atoms with Crippen molar-refractivity contribution in [2.45, 2.75) is 19.4 Å². The summed E-state index contributed by atoms with van der Waals surface area (Å²) in [5.74, 6) is -0.222. The van der Waals surface area contributed by atoms with Crippen LogP contribution in [0.4, 0.5) is 4.39 Å². The number of hydrogen-bond donors (Lipinski definition) is 2. The number of rotatable bonds is 6. The third-order valence-electron chi connectivity index (χ3n) is 3.76. The van der Waals surface area contributed by atoms with Gasteiger partial charge in [0.25, 0.3) is 0 Å². The molecule has 122 valence electrons. The van der Waals surface area contributed by atoms with Crippen molar-refractivity contribution >= 4 is 17.3 Å². The van der Waals surface area contributed by atoms with Crippen molar-refractivity contribution in [3.05, 3.63) is 35.6 Å². The van der Waals surface area contributed by atoms with Gasteiger partial charge in [-0.3, -0.25) is 4.90 Å². The number of nitrogens with zero attached hydrogens (tertiary/aromatic N) is 1. The zero-order valence-electron chi connectivity index (χ0n) is 13.0. The van der Waals surface area contributed by atoms with Crippen LogP contribution in [0.1, 0.15) is 24.9 Å². The first-order valence-corrected chi connectivity index (χ1v) is 8.16. The summed E-state index contributed by atoms with van der Waals surface area (Å²) in [4.78, 5) is 2.41. The lowest BCUT2D eigenvalue weighted by molar-refractivity contribution is 0.0376. The molecule has 0 bridgehead atoms. The molecule has 1 heterocycles. The van der Waals surface area contributed by atoms with Crippen molar-refractivity contribution in [2.75, 3.05) is 39.4 Å². The first-order valence-electron chi connectivity index (χ1n) is 7.75. The summed E-state index contributed by atoms with van der Waals surface area (Å²) in [6, 6.07) is 6.53. The van der Waals surface area contributed by atoms with E-state index in [1.165, 1.54) is 12.1 Å². The molecule has 0 unspecified atom stereocenters. The molecule has 1 fully saturated rings. The Kier molecular flexibility index (Phi) is 7.02. The molecule has 0 radical (unpaired) electrons. The van der Waals surface area contributed by atoms with Crippen LogP contribution in [0.25, 0.3) is 0 Å². The van der Waals surface area contributed by atoms with Crippen molar-refractivity contribution < 1.29 is 9.13 Å². The first-order chi connectivity index (χ1) is 10.6. The molecule has 0 aromatic heterocycles. The Bertz CT molecular complexity index is 463. The summed E-state index contributed by atoms with van der Waals surface area (Å²) >= 11 is 5.30. The molecule has 1 aromatic rings. The molecule has 6 heteroatoms. The van der Waals surface area contributed by atoms with Crippen LogP contribution in [0.2, 0.25) is 0 Å². The van der Waals surface area contributed by atoms with E-state index < -0.39 is 0 Å². The Morgan fingerprint density at radius 1 is 1.32 bits per heavy atom. The van der Waals surface area contributed by atoms with E-state index in [-0.39, 0.29) is 11.9 Å². The Morgan fingerprint density at radius 3 is 2.68 bits per heavy atom. The van der Waals surface area contributed by atoms with Gasteiger partial charge in [0.15, 0.2) is 5.11 Å². The van der Waals surface area contributed by atoms with Gasteiger partial charge in [0, 0.05) is 19.6 Å². The lowest BCUT2D eigenvalue weighted by Gasteiger charge is -2.26. The summed E-state index contributed by atoms with van der Waals surface area (Å²) in [6.07, 6.45) is 1.05. The predicted molar refractivity (Wildman–Crippen MR) is 90.4 cm³/mol. The van der Waals surface area contributed by atoms with Crippen molar-refractivity contribution in [3.8, 4) is 0 Å². The molecule has 2 rings (SSSR count). The average molecular weight is 325 g/mol. The summed E-state index contributed by atoms with van der Waals surface area (Å²) in [6.45, 7) is 7.63. The summed E-state index contributed by atoms with van der Waals surface area (Å²) in [7, 11) is 0. The van der Waals surface area contributed by atoms with Gasteiger partial charge < -0.3 is 15.4 Å². The minimum Gasteiger partial charge on any atom is -0.379 e. The largest absolute Gasteiger partial charge is 0.379 e. The van der Waals surface area contributed by atoms with Gasteiger partial charge in [0.1, 0.15) is 5.82 Å². The molecule has 1 aliphatic rings. The topological polar surface area (TPSA) is 36.5 Å². The number of benzene rings is 1. The SMILES string of the molecule is C[C@@H](NC(=S)NCCCN1CCOCC1)c1ccc(F)cc1. The molecule has 0 aliphatic carbocycles. The fourth-order valence-electron chi connectivity index (χ4n) is 2.41. The van der Waals surface area contributed by atoms with Gasteiger partial charge in [-0.05, 0) is 49.8 Å². The highest BCUT2D eigenvalue weighted by Crippen LogP contribution is 2.12. The Labute approximate surface area is 137 Å². The van der Waals surface area contributed by atoms with Gasteiger partial charge in [0.05, 0.1) is 19.3 Å². The highest BCUT2D eigenvalue weighted by atomic mass is 32.1.